The molecule has 3 aromatic heterocycles. The Bertz CT molecular complexity index is 774. The second kappa shape index (κ2) is 5.07. The number of rotatable bonds is 3. The predicted octanol–water partition coefficient (Wildman–Crippen LogP) is 1.67. The molecular formula is C12H8N6OS. The van der Waals surface area contributed by atoms with E-state index in [0.29, 0.717) is 27.5 Å². The van der Waals surface area contributed by atoms with Crippen molar-refractivity contribution in [1.82, 2.24) is 19.9 Å². The number of nitriles is 1. The predicted molar refractivity (Wildman–Crippen MR) is 70.9 cm³/mol. The molecule has 0 spiro atoms. The van der Waals surface area contributed by atoms with E-state index in [1.807, 2.05) is 6.07 Å². The third kappa shape index (κ3) is 2.22. The quantitative estimate of drug-likeness (QED) is 0.729. The van der Waals surface area contributed by atoms with Crippen LogP contribution in [0.1, 0.15) is 5.69 Å². The van der Waals surface area contributed by atoms with Crippen LogP contribution in [0.3, 0.4) is 0 Å². The second-order valence-corrected chi connectivity index (χ2v) is 4.72. The smallest absolute Gasteiger partial charge is 0.218 e. The zero-order valence-electron chi connectivity index (χ0n) is 10.1. The van der Waals surface area contributed by atoms with Crippen molar-refractivity contribution in [2.24, 2.45) is 0 Å². The Hall–Kier alpha value is -2.79. The highest BCUT2D eigenvalue weighted by molar-refractivity contribution is 7.99. The van der Waals surface area contributed by atoms with Crippen LogP contribution in [0, 0.1) is 11.3 Å². The lowest BCUT2D eigenvalue weighted by Crippen LogP contribution is -2.11. The molecule has 0 saturated heterocycles. The zero-order valence-corrected chi connectivity index (χ0v) is 10.9. The van der Waals surface area contributed by atoms with E-state index in [9.17, 15) is 0 Å². The molecule has 0 aromatic carbocycles. The number of furan rings is 1. The minimum Gasteiger partial charge on any atom is -0.461 e. The van der Waals surface area contributed by atoms with Crippen LogP contribution >= 0.6 is 11.8 Å². The fourth-order valence-corrected chi connectivity index (χ4v) is 2.29. The van der Waals surface area contributed by atoms with Crippen molar-refractivity contribution in [3.05, 3.63) is 42.3 Å². The van der Waals surface area contributed by atoms with Gasteiger partial charge in [0.1, 0.15) is 16.8 Å². The van der Waals surface area contributed by atoms with Crippen LogP contribution in [0.15, 0.2) is 51.2 Å². The van der Waals surface area contributed by atoms with E-state index in [-0.39, 0.29) is 0 Å². The Balaban J connectivity index is 1.90. The van der Waals surface area contributed by atoms with E-state index in [1.54, 1.807) is 30.3 Å². The van der Waals surface area contributed by atoms with E-state index in [1.165, 1.54) is 22.7 Å². The van der Waals surface area contributed by atoms with Gasteiger partial charge in [0.25, 0.3) is 0 Å². The van der Waals surface area contributed by atoms with Gasteiger partial charge < -0.3 is 10.3 Å². The summed E-state index contributed by atoms with van der Waals surface area (Å²) < 4.78 is 6.55. The highest BCUT2D eigenvalue weighted by Crippen LogP contribution is 2.26. The van der Waals surface area contributed by atoms with Gasteiger partial charge in [-0.2, -0.15) is 5.26 Å². The van der Waals surface area contributed by atoms with Gasteiger partial charge in [0.05, 0.1) is 6.26 Å². The molecule has 0 amide bonds. The number of nitrogen functional groups attached to an aromatic ring is 1. The number of hydrogen-bond acceptors (Lipinski definition) is 7. The summed E-state index contributed by atoms with van der Waals surface area (Å²) >= 11 is 1.22. The zero-order chi connectivity index (χ0) is 13.9. The molecule has 0 aliphatic carbocycles. The number of nitrogens with two attached hydrogens (primary N) is 1. The maximum atomic E-state index is 8.82. The van der Waals surface area contributed by atoms with Crippen molar-refractivity contribution in [1.29, 1.82) is 5.26 Å². The van der Waals surface area contributed by atoms with Gasteiger partial charge in [-0.1, -0.05) is 6.07 Å². The first-order chi connectivity index (χ1) is 9.78. The highest BCUT2D eigenvalue weighted by Gasteiger charge is 2.15. The molecule has 2 N–H and O–H groups in total. The maximum absolute atomic E-state index is 8.82. The molecule has 20 heavy (non-hydrogen) atoms. The molecule has 0 aliphatic rings. The van der Waals surface area contributed by atoms with Crippen LogP contribution in [-0.2, 0) is 0 Å². The monoisotopic (exact) mass is 284 g/mol. The van der Waals surface area contributed by atoms with Gasteiger partial charge in [-0.15, -0.1) is 10.2 Å². The molecule has 0 unspecified atom stereocenters. The van der Waals surface area contributed by atoms with Gasteiger partial charge in [-0.05, 0) is 36.0 Å². The van der Waals surface area contributed by atoms with Crippen LogP contribution < -0.4 is 5.84 Å². The van der Waals surface area contributed by atoms with Crippen molar-refractivity contribution in [2.75, 3.05) is 5.84 Å². The molecule has 0 aliphatic heterocycles. The molecule has 8 heteroatoms. The van der Waals surface area contributed by atoms with Crippen LogP contribution in [0.5, 0.6) is 0 Å². The molecule has 0 bridgehead atoms. The summed E-state index contributed by atoms with van der Waals surface area (Å²) in [6.45, 7) is 0. The number of aromatic nitrogens is 4. The van der Waals surface area contributed by atoms with Gasteiger partial charge in [0, 0.05) is 0 Å². The molecule has 0 fully saturated rings. The first-order valence-electron chi connectivity index (χ1n) is 5.57. The highest BCUT2D eigenvalue weighted by atomic mass is 32.2. The van der Waals surface area contributed by atoms with Crippen molar-refractivity contribution in [2.45, 2.75) is 10.2 Å². The average molecular weight is 284 g/mol. The largest absolute Gasteiger partial charge is 0.461 e. The van der Waals surface area contributed by atoms with Gasteiger partial charge in [-0.25, -0.2) is 9.66 Å². The van der Waals surface area contributed by atoms with Crippen LogP contribution in [0.2, 0.25) is 0 Å². The summed E-state index contributed by atoms with van der Waals surface area (Å²) in [5.74, 6) is 6.89. The first-order valence-corrected chi connectivity index (χ1v) is 6.39. The number of nitrogens with zero attached hydrogens (tertiary/aromatic N) is 5. The van der Waals surface area contributed by atoms with E-state index in [2.05, 4.69) is 15.2 Å². The lowest BCUT2D eigenvalue weighted by atomic mass is 10.4. The summed E-state index contributed by atoms with van der Waals surface area (Å²) in [5.41, 5.74) is 0.337. The van der Waals surface area contributed by atoms with E-state index < -0.39 is 0 Å². The maximum Gasteiger partial charge on any atom is 0.218 e. The Morgan fingerprint density at radius 2 is 2.15 bits per heavy atom. The lowest BCUT2D eigenvalue weighted by molar-refractivity contribution is 0.574. The fraction of sp³-hybridized carbons (Fsp3) is 0. The Morgan fingerprint density at radius 1 is 1.25 bits per heavy atom. The molecule has 0 atom stereocenters. The standard InChI is InChI=1S/C12H8N6OS/c13-7-8-3-1-5-10(15-8)20-12-17-16-11(18(12)14)9-4-2-6-19-9/h1-6H,14H2. The lowest BCUT2D eigenvalue weighted by Gasteiger charge is -2.01. The Kier molecular flexibility index (Phi) is 3.10. The SMILES string of the molecule is N#Cc1cccc(Sc2nnc(-c3ccco3)n2N)n1. The van der Waals surface area contributed by atoms with Crippen LogP contribution in [0.4, 0.5) is 0 Å². The summed E-state index contributed by atoms with van der Waals surface area (Å²) in [7, 11) is 0. The number of hydrogen-bond donors (Lipinski definition) is 1. The molecular weight excluding hydrogens is 276 g/mol. The van der Waals surface area contributed by atoms with Crippen molar-refractivity contribution in [3.8, 4) is 17.7 Å². The number of pyridine rings is 1. The summed E-state index contributed by atoms with van der Waals surface area (Å²) in [4.78, 5) is 4.14. The van der Waals surface area contributed by atoms with Crippen molar-refractivity contribution < 1.29 is 4.42 Å². The fourth-order valence-electron chi connectivity index (χ4n) is 1.55. The van der Waals surface area contributed by atoms with Crippen molar-refractivity contribution >= 4 is 11.8 Å². The average Bonchev–Trinajstić information content (AvgIpc) is 3.10. The topological polar surface area (TPSA) is 107 Å². The first kappa shape index (κ1) is 12.3. The van der Waals surface area contributed by atoms with Gasteiger partial charge >= 0.3 is 0 Å². The van der Waals surface area contributed by atoms with E-state index >= 15 is 0 Å². The normalized spacial score (nSPS) is 10.3. The third-order valence-electron chi connectivity index (χ3n) is 2.44. The summed E-state index contributed by atoms with van der Waals surface area (Å²) in [5, 5.41) is 17.9. The van der Waals surface area contributed by atoms with Gasteiger partial charge in [0.15, 0.2) is 5.76 Å². The van der Waals surface area contributed by atoms with Crippen LogP contribution in [-0.4, -0.2) is 19.9 Å². The van der Waals surface area contributed by atoms with E-state index in [4.69, 9.17) is 15.5 Å². The third-order valence-corrected chi connectivity index (χ3v) is 3.34. The second-order valence-electron chi connectivity index (χ2n) is 3.73. The van der Waals surface area contributed by atoms with Gasteiger partial charge in [-0.3, -0.25) is 0 Å². The molecule has 3 aromatic rings. The van der Waals surface area contributed by atoms with E-state index in [0.717, 1.165) is 0 Å². The minimum atomic E-state index is 0.337. The molecule has 3 heterocycles. The Morgan fingerprint density at radius 3 is 2.90 bits per heavy atom. The van der Waals surface area contributed by atoms with Crippen molar-refractivity contribution in [3.63, 3.8) is 0 Å². The molecule has 3 rings (SSSR count). The van der Waals surface area contributed by atoms with Crippen LogP contribution in [0.25, 0.3) is 11.6 Å². The molecule has 0 saturated carbocycles. The van der Waals surface area contributed by atoms with Gasteiger partial charge in [0.2, 0.25) is 11.0 Å². The summed E-state index contributed by atoms with van der Waals surface area (Å²) in [6, 6.07) is 10.6. The minimum absolute atomic E-state index is 0.337. The Labute approximate surface area is 118 Å². The summed E-state index contributed by atoms with van der Waals surface area (Å²) in [6.07, 6.45) is 1.54. The molecule has 0 radical (unpaired) electrons. The molecule has 98 valence electrons. The molecule has 7 nitrogen and oxygen atoms in total.